The number of pyridine rings is 2. The smallest absolute Gasteiger partial charge is 0.311 e. The van der Waals surface area contributed by atoms with Gasteiger partial charge in [0, 0.05) is 68.7 Å². The van der Waals surface area contributed by atoms with Crippen molar-refractivity contribution in [1.82, 2.24) is 15.0 Å². The van der Waals surface area contributed by atoms with Crippen molar-refractivity contribution in [3.63, 3.8) is 0 Å². The number of hydrogen-bond donors (Lipinski definition) is 1. The Kier molecular flexibility index (Phi) is 10.1. The van der Waals surface area contributed by atoms with Crippen molar-refractivity contribution in [2.75, 3.05) is 13.7 Å². The van der Waals surface area contributed by atoms with Crippen LogP contribution in [0.1, 0.15) is 64.1 Å². The summed E-state index contributed by atoms with van der Waals surface area (Å²) < 4.78 is 17.1. The topological polar surface area (TPSA) is 86.3 Å². The van der Waals surface area contributed by atoms with Gasteiger partial charge in [-0.2, -0.15) is 0 Å². The molecule has 8 heteroatoms. The molecule has 0 bridgehead atoms. The van der Waals surface area contributed by atoms with Gasteiger partial charge in [-0.15, -0.1) is 11.8 Å². The van der Waals surface area contributed by atoms with Gasteiger partial charge in [-0.05, 0) is 62.2 Å². The fourth-order valence-corrected chi connectivity index (χ4v) is 6.58. The second-order valence-electron chi connectivity index (χ2n) is 13.0. The molecule has 0 fully saturated rings. The van der Waals surface area contributed by atoms with E-state index in [0.717, 1.165) is 55.2 Å². The van der Waals surface area contributed by atoms with Crippen LogP contribution in [0.4, 0.5) is 0 Å². The number of esters is 1. The van der Waals surface area contributed by atoms with Crippen LogP contribution in [-0.2, 0) is 29.0 Å². The number of nitrogens with one attached hydrogen (secondary N) is 1. The molecule has 46 heavy (non-hydrogen) atoms. The maximum absolute atomic E-state index is 12.9. The highest BCUT2D eigenvalue weighted by Crippen LogP contribution is 2.45. The Balaban J connectivity index is 1.59. The Bertz CT molecular complexity index is 1770. The molecule has 0 spiro atoms. The highest BCUT2D eigenvalue weighted by atomic mass is 32.2. The predicted octanol–water partition coefficient (Wildman–Crippen LogP) is 8.83. The number of thioether (sulfide) groups is 1. The number of fused-ring (bicyclic) bond motifs is 1. The Morgan fingerprint density at radius 2 is 1.67 bits per heavy atom. The zero-order chi connectivity index (χ0) is 32.9. The molecule has 240 valence electrons. The van der Waals surface area contributed by atoms with E-state index in [9.17, 15) is 4.79 Å². The van der Waals surface area contributed by atoms with Crippen LogP contribution in [0.25, 0.3) is 22.0 Å². The summed E-state index contributed by atoms with van der Waals surface area (Å²) in [6.45, 7) is 13.1. The minimum atomic E-state index is -0.700. The molecule has 0 saturated carbocycles. The van der Waals surface area contributed by atoms with Gasteiger partial charge in [-0.1, -0.05) is 51.1 Å². The van der Waals surface area contributed by atoms with Crippen molar-refractivity contribution in [2.45, 2.75) is 70.6 Å². The Hall–Kier alpha value is -4.30. The van der Waals surface area contributed by atoms with Crippen LogP contribution in [0.5, 0.6) is 11.6 Å². The molecule has 7 nitrogen and oxygen atoms in total. The van der Waals surface area contributed by atoms with Crippen molar-refractivity contribution in [3.05, 3.63) is 102 Å². The van der Waals surface area contributed by atoms with E-state index in [1.165, 1.54) is 0 Å². The maximum atomic E-state index is 12.9. The molecular formula is C38H43N3O4S. The molecule has 0 aliphatic carbocycles. The average molecular weight is 638 g/mol. The number of aromatic nitrogens is 3. The van der Waals surface area contributed by atoms with Gasteiger partial charge in [0.15, 0.2) is 0 Å². The zero-order valence-corrected chi connectivity index (χ0v) is 28.6. The van der Waals surface area contributed by atoms with Gasteiger partial charge in [-0.25, -0.2) is 4.98 Å². The number of ether oxygens (including phenoxy) is 3. The first-order valence-electron chi connectivity index (χ1n) is 15.6. The minimum Gasteiger partial charge on any atom is -0.487 e. The summed E-state index contributed by atoms with van der Waals surface area (Å²) >= 11 is 1.81. The van der Waals surface area contributed by atoms with E-state index in [0.29, 0.717) is 31.9 Å². The molecular weight excluding hydrogens is 595 g/mol. The van der Waals surface area contributed by atoms with Crippen LogP contribution < -0.4 is 9.47 Å². The fraction of sp³-hybridized carbons (Fsp3) is 0.342. The van der Waals surface area contributed by atoms with Crippen molar-refractivity contribution in [3.8, 4) is 22.8 Å². The molecule has 0 radical (unpaired) electrons. The molecule has 1 N–H and O–H groups in total. The molecule has 3 aromatic heterocycles. The van der Waals surface area contributed by atoms with Gasteiger partial charge in [0.2, 0.25) is 5.88 Å². The van der Waals surface area contributed by atoms with Gasteiger partial charge in [0.05, 0.1) is 24.8 Å². The number of aromatic amines is 1. The predicted molar refractivity (Wildman–Crippen MR) is 186 cm³/mol. The SMILES string of the molecule is CCOC(=O)C(C)(C)Cc1[nH]c2ccc(OCc3ccccn3)c(Cc3ccc(-c4ccc(OC)nc4)cc3)c2c1SC(C)(C)C. The van der Waals surface area contributed by atoms with E-state index in [-0.39, 0.29) is 10.7 Å². The van der Waals surface area contributed by atoms with E-state index in [1.807, 2.05) is 75.1 Å². The van der Waals surface area contributed by atoms with Gasteiger partial charge in [-0.3, -0.25) is 9.78 Å². The first-order chi connectivity index (χ1) is 22.0. The molecule has 0 aliphatic rings. The molecule has 0 aliphatic heterocycles. The normalized spacial score (nSPS) is 11.9. The van der Waals surface area contributed by atoms with Crippen molar-refractivity contribution in [2.24, 2.45) is 5.41 Å². The van der Waals surface area contributed by atoms with Crippen LogP contribution in [0.3, 0.4) is 0 Å². The zero-order valence-electron chi connectivity index (χ0n) is 27.8. The van der Waals surface area contributed by atoms with Crippen molar-refractivity contribution < 1.29 is 19.0 Å². The Labute approximate surface area is 276 Å². The third-order valence-electron chi connectivity index (χ3n) is 7.63. The summed E-state index contributed by atoms with van der Waals surface area (Å²) in [7, 11) is 1.62. The Morgan fingerprint density at radius 3 is 2.30 bits per heavy atom. The molecule has 0 atom stereocenters. The third-order valence-corrected chi connectivity index (χ3v) is 8.89. The number of methoxy groups -OCH3 is 1. The number of hydrogen-bond acceptors (Lipinski definition) is 7. The second-order valence-corrected chi connectivity index (χ2v) is 14.8. The standard InChI is InChI=1S/C38H43N3O4S/c1-8-44-36(42)38(5,6)22-31-35(46-37(2,3)4)34-29(32(18-17-30(34)41-31)45-24-28-11-9-10-20-39-28)21-25-12-14-26(15-13-25)27-16-19-33(43-7)40-23-27/h9-20,23,41H,8,21-22,24H2,1-7H3. The molecule has 0 unspecified atom stereocenters. The average Bonchev–Trinajstić information content (AvgIpc) is 3.36. The summed E-state index contributed by atoms with van der Waals surface area (Å²) in [6.07, 6.45) is 4.79. The highest BCUT2D eigenvalue weighted by molar-refractivity contribution is 8.00. The van der Waals surface area contributed by atoms with Crippen LogP contribution in [-0.4, -0.2) is 39.4 Å². The molecule has 0 amide bonds. The summed E-state index contributed by atoms with van der Waals surface area (Å²) in [6, 6.07) is 22.4. The number of benzene rings is 2. The number of carbonyl (C=O) groups is 1. The number of rotatable bonds is 12. The minimum absolute atomic E-state index is 0.0753. The van der Waals surface area contributed by atoms with Crippen molar-refractivity contribution in [1.29, 1.82) is 0 Å². The molecule has 5 rings (SSSR count). The van der Waals surface area contributed by atoms with Gasteiger partial charge in [0.1, 0.15) is 12.4 Å². The van der Waals surface area contributed by atoms with E-state index in [1.54, 1.807) is 13.3 Å². The molecule has 5 aromatic rings. The second kappa shape index (κ2) is 14.0. The number of carbonyl (C=O) groups excluding carboxylic acids is 1. The lowest BCUT2D eigenvalue weighted by atomic mass is 9.88. The summed E-state index contributed by atoms with van der Waals surface area (Å²) in [5.41, 5.74) is 6.56. The monoisotopic (exact) mass is 637 g/mol. The van der Waals surface area contributed by atoms with E-state index in [4.69, 9.17) is 14.2 Å². The Morgan fingerprint density at radius 1 is 0.913 bits per heavy atom. The van der Waals surface area contributed by atoms with Gasteiger partial charge >= 0.3 is 5.97 Å². The first-order valence-corrected chi connectivity index (χ1v) is 16.4. The van der Waals surface area contributed by atoms with Gasteiger partial charge in [0.25, 0.3) is 0 Å². The molecule has 0 saturated heterocycles. The van der Waals surface area contributed by atoms with Crippen LogP contribution >= 0.6 is 11.8 Å². The number of nitrogens with zero attached hydrogens (tertiary/aromatic N) is 2. The number of H-pyrrole nitrogens is 1. The van der Waals surface area contributed by atoms with Crippen LogP contribution in [0.2, 0.25) is 0 Å². The van der Waals surface area contributed by atoms with E-state index < -0.39 is 5.41 Å². The lowest BCUT2D eigenvalue weighted by Crippen LogP contribution is -2.29. The molecule has 2 aromatic carbocycles. The van der Waals surface area contributed by atoms with Gasteiger partial charge < -0.3 is 19.2 Å². The third kappa shape index (κ3) is 7.91. The summed E-state index contributed by atoms with van der Waals surface area (Å²) in [5.74, 6) is 1.20. The lowest BCUT2D eigenvalue weighted by molar-refractivity contribution is -0.153. The molecule has 3 heterocycles. The van der Waals surface area contributed by atoms with Crippen LogP contribution in [0, 0.1) is 5.41 Å². The fourth-order valence-electron chi connectivity index (χ4n) is 5.38. The van der Waals surface area contributed by atoms with Crippen molar-refractivity contribution >= 4 is 28.6 Å². The van der Waals surface area contributed by atoms with E-state index >= 15 is 0 Å². The maximum Gasteiger partial charge on any atom is 0.311 e. The van der Waals surface area contributed by atoms with E-state index in [2.05, 4.69) is 66.1 Å². The quantitative estimate of drug-likeness (QED) is 0.108. The summed E-state index contributed by atoms with van der Waals surface area (Å²) in [5, 5.41) is 1.12. The lowest BCUT2D eigenvalue weighted by Gasteiger charge is -2.24. The van der Waals surface area contributed by atoms with Crippen LogP contribution in [0.15, 0.2) is 84.0 Å². The largest absolute Gasteiger partial charge is 0.487 e. The highest BCUT2D eigenvalue weighted by Gasteiger charge is 2.33. The first kappa shape index (κ1) is 33.1. The summed E-state index contributed by atoms with van der Waals surface area (Å²) in [4.78, 5) is 26.6.